The Morgan fingerprint density at radius 1 is 1.17 bits per heavy atom. The second-order valence-corrected chi connectivity index (χ2v) is 7.00. The van der Waals surface area contributed by atoms with Crippen molar-refractivity contribution in [2.75, 3.05) is 11.3 Å². The van der Waals surface area contributed by atoms with Crippen molar-refractivity contribution in [3.8, 4) is 0 Å². The van der Waals surface area contributed by atoms with Crippen LogP contribution in [0.15, 0.2) is 58.5 Å². The Hall–Kier alpha value is -2.58. The molecule has 0 atom stereocenters. The van der Waals surface area contributed by atoms with Gasteiger partial charge in [0.25, 0.3) is 15.9 Å². The van der Waals surface area contributed by atoms with E-state index in [9.17, 15) is 13.2 Å². The molecular weight excluding hydrogens is 354 g/mol. The van der Waals surface area contributed by atoms with Crippen molar-refractivity contribution in [3.05, 3.63) is 59.1 Å². The van der Waals surface area contributed by atoms with Crippen LogP contribution in [0.5, 0.6) is 0 Å². The number of carbonyl (C=O) groups excluding carboxylic acids is 1. The summed E-state index contributed by atoms with van der Waals surface area (Å²) in [6.07, 6.45) is 0. The molecule has 1 amide bonds. The van der Waals surface area contributed by atoms with Crippen molar-refractivity contribution < 1.29 is 17.9 Å². The van der Waals surface area contributed by atoms with E-state index in [1.807, 2.05) is 0 Å². The molecule has 0 aromatic heterocycles. The molecule has 9 heteroatoms. The van der Waals surface area contributed by atoms with Crippen LogP contribution in [0.2, 0.25) is 5.02 Å². The minimum atomic E-state index is -3.73. The molecule has 0 saturated carbocycles. The number of amides is 1. The van der Waals surface area contributed by atoms with Crippen LogP contribution in [0.3, 0.4) is 0 Å². The molecule has 1 aliphatic heterocycles. The SMILES string of the molecule is O=C1COC(c2ccc(NS(=O)(=O)c3cccc(Cl)c3)cc2)=NN1. The second kappa shape index (κ2) is 6.50. The first-order chi connectivity index (χ1) is 11.4. The Morgan fingerprint density at radius 2 is 1.92 bits per heavy atom. The summed E-state index contributed by atoms with van der Waals surface area (Å²) in [6.45, 7) is -0.109. The minimum Gasteiger partial charge on any atom is -0.466 e. The molecule has 0 spiro atoms. The fourth-order valence-electron chi connectivity index (χ4n) is 1.99. The van der Waals surface area contributed by atoms with Gasteiger partial charge in [-0.05, 0) is 42.5 Å². The monoisotopic (exact) mass is 365 g/mol. The predicted molar refractivity (Wildman–Crippen MR) is 89.3 cm³/mol. The number of carbonyl (C=O) groups is 1. The fraction of sp³-hybridized carbons (Fsp3) is 0.0667. The van der Waals surface area contributed by atoms with E-state index in [2.05, 4.69) is 15.2 Å². The maximum Gasteiger partial charge on any atom is 0.278 e. The highest BCUT2D eigenvalue weighted by Gasteiger charge is 2.16. The summed E-state index contributed by atoms with van der Waals surface area (Å²) in [5.41, 5.74) is 3.30. The van der Waals surface area contributed by atoms with Crippen LogP contribution in [0.4, 0.5) is 5.69 Å². The highest BCUT2D eigenvalue weighted by molar-refractivity contribution is 7.92. The highest BCUT2D eigenvalue weighted by Crippen LogP contribution is 2.20. The fourth-order valence-corrected chi connectivity index (χ4v) is 3.35. The molecule has 0 fully saturated rings. The minimum absolute atomic E-state index is 0.0711. The van der Waals surface area contributed by atoms with E-state index in [4.69, 9.17) is 16.3 Å². The van der Waals surface area contributed by atoms with Gasteiger partial charge in [-0.3, -0.25) is 9.52 Å². The molecule has 2 aromatic rings. The van der Waals surface area contributed by atoms with Crippen LogP contribution in [0.1, 0.15) is 5.56 Å². The van der Waals surface area contributed by atoms with Crippen molar-refractivity contribution in [1.29, 1.82) is 0 Å². The number of rotatable bonds is 4. The van der Waals surface area contributed by atoms with Gasteiger partial charge in [0.1, 0.15) is 0 Å². The third kappa shape index (κ3) is 3.66. The summed E-state index contributed by atoms with van der Waals surface area (Å²) in [5.74, 6) is -0.0662. The molecule has 24 heavy (non-hydrogen) atoms. The number of hydrogen-bond acceptors (Lipinski definition) is 5. The lowest BCUT2D eigenvalue weighted by molar-refractivity contribution is -0.124. The van der Waals surface area contributed by atoms with Crippen molar-refractivity contribution >= 4 is 39.1 Å². The van der Waals surface area contributed by atoms with Gasteiger partial charge in [0, 0.05) is 16.3 Å². The number of nitrogens with zero attached hydrogens (tertiary/aromatic N) is 1. The average Bonchev–Trinajstić information content (AvgIpc) is 2.56. The number of ether oxygens (including phenoxy) is 1. The van der Waals surface area contributed by atoms with Crippen LogP contribution in [-0.4, -0.2) is 26.8 Å². The summed E-state index contributed by atoms with van der Waals surface area (Å²) in [5, 5.41) is 4.12. The Labute approximate surface area is 143 Å². The van der Waals surface area contributed by atoms with E-state index < -0.39 is 10.0 Å². The van der Waals surface area contributed by atoms with Crippen molar-refractivity contribution in [2.24, 2.45) is 5.10 Å². The molecule has 0 radical (unpaired) electrons. The Balaban J connectivity index is 1.78. The molecule has 7 nitrogen and oxygen atoms in total. The first kappa shape index (κ1) is 16.3. The molecule has 3 rings (SSSR count). The van der Waals surface area contributed by atoms with Gasteiger partial charge in [-0.15, -0.1) is 5.10 Å². The number of nitrogens with one attached hydrogen (secondary N) is 2. The molecule has 0 aliphatic carbocycles. The zero-order valence-electron chi connectivity index (χ0n) is 12.2. The first-order valence-electron chi connectivity index (χ1n) is 6.82. The van der Waals surface area contributed by atoms with Gasteiger partial charge >= 0.3 is 0 Å². The quantitative estimate of drug-likeness (QED) is 0.865. The van der Waals surface area contributed by atoms with Gasteiger partial charge in [0.15, 0.2) is 6.61 Å². The number of sulfonamides is 1. The van der Waals surface area contributed by atoms with Crippen molar-refractivity contribution in [3.63, 3.8) is 0 Å². The summed E-state index contributed by atoms with van der Waals surface area (Å²) < 4.78 is 32.3. The van der Waals surface area contributed by atoms with Gasteiger partial charge in [-0.1, -0.05) is 17.7 Å². The van der Waals surface area contributed by atoms with E-state index in [0.717, 1.165) is 0 Å². The molecule has 1 aliphatic rings. The van der Waals surface area contributed by atoms with Gasteiger partial charge in [0.05, 0.1) is 4.90 Å². The Bertz CT molecular complexity index is 911. The topological polar surface area (TPSA) is 96.9 Å². The smallest absolute Gasteiger partial charge is 0.278 e. The van der Waals surface area contributed by atoms with Crippen molar-refractivity contribution in [1.82, 2.24) is 5.43 Å². The van der Waals surface area contributed by atoms with E-state index in [0.29, 0.717) is 16.3 Å². The Morgan fingerprint density at radius 3 is 2.54 bits per heavy atom. The largest absolute Gasteiger partial charge is 0.466 e. The van der Waals surface area contributed by atoms with Gasteiger partial charge in [-0.25, -0.2) is 13.8 Å². The number of hydrazone groups is 1. The summed E-state index contributed by atoms with van der Waals surface area (Å²) in [7, 11) is -3.73. The maximum absolute atomic E-state index is 12.3. The standard InChI is InChI=1S/C15H12ClN3O4S/c16-11-2-1-3-13(8-11)24(21,22)19-12-6-4-10(5-7-12)15-18-17-14(20)9-23-15/h1-8,19H,9H2,(H,17,20). The van der Waals surface area contributed by atoms with Gasteiger partial charge < -0.3 is 4.74 Å². The van der Waals surface area contributed by atoms with E-state index in [1.165, 1.54) is 12.1 Å². The molecular formula is C15H12ClN3O4S. The highest BCUT2D eigenvalue weighted by atomic mass is 35.5. The van der Waals surface area contributed by atoms with E-state index >= 15 is 0 Å². The summed E-state index contributed by atoms with van der Waals surface area (Å²) in [6, 6.07) is 12.4. The second-order valence-electron chi connectivity index (χ2n) is 4.88. The van der Waals surface area contributed by atoms with E-state index in [-0.39, 0.29) is 23.3 Å². The maximum atomic E-state index is 12.3. The van der Waals surface area contributed by atoms with Gasteiger partial charge in [-0.2, -0.15) is 0 Å². The van der Waals surface area contributed by atoms with Crippen LogP contribution < -0.4 is 10.1 Å². The zero-order valence-corrected chi connectivity index (χ0v) is 13.8. The normalized spacial score (nSPS) is 14.4. The summed E-state index contributed by atoms with van der Waals surface area (Å²) >= 11 is 5.82. The Kier molecular flexibility index (Phi) is 4.41. The molecule has 1 heterocycles. The molecule has 0 unspecified atom stereocenters. The lowest BCUT2D eigenvalue weighted by atomic mass is 10.2. The molecule has 124 valence electrons. The van der Waals surface area contributed by atoms with Crippen LogP contribution in [0, 0.1) is 0 Å². The molecule has 2 N–H and O–H groups in total. The molecule has 2 aromatic carbocycles. The number of hydrogen-bond donors (Lipinski definition) is 2. The third-order valence-electron chi connectivity index (χ3n) is 3.11. The third-order valence-corrected chi connectivity index (χ3v) is 4.73. The number of halogens is 1. The predicted octanol–water partition coefficient (Wildman–Crippen LogP) is 1.95. The van der Waals surface area contributed by atoms with Crippen LogP contribution in [0.25, 0.3) is 0 Å². The molecule has 0 bridgehead atoms. The zero-order chi connectivity index (χ0) is 17.2. The van der Waals surface area contributed by atoms with E-state index in [1.54, 1.807) is 36.4 Å². The van der Waals surface area contributed by atoms with Crippen molar-refractivity contribution in [2.45, 2.75) is 4.90 Å². The molecule has 0 saturated heterocycles. The lowest BCUT2D eigenvalue weighted by Gasteiger charge is -2.14. The first-order valence-corrected chi connectivity index (χ1v) is 8.68. The average molecular weight is 366 g/mol. The number of benzene rings is 2. The summed E-state index contributed by atoms with van der Waals surface area (Å²) in [4.78, 5) is 11.1. The number of anilines is 1. The van der Waals surface area contributed by atoms with Gasteiger partial charge in [0.2, 0.25) is 5.90 Å². The lowest BCUT2D eigenvalue weighted by Crippen LogP contribution is -2.32. The van der Waals surface area contributed by atoms with Crippen LogP contribution >= 0.6 is 11.6 Å². The van der Waals surface area contributed by atoms with Crippen LogP contribution in [-0.2, 0) is 19.6 Å².